The molecule has 110 valence electrons. The highest BCUT2D eigenvalue weighted by Gasteiger charge is 2.11. The molecule has 0 bridgehead atoms. The van der Waals surface area contributed by atoms with E-state index in [1.54, 1.807) is 12.1 Å². The molecule has 0 saturated carbocycles. The Kier molecular flexibility index (Phi) is 5.06. The van der Waals surface area contributed by atoms with Crippen LogP contribution in [0.3, 0.4) is 0 Å². The maximum atomic E-state index is 8.57. The average Bonchev–Trinajstić information content (AvgIpc) is 2.47. The SMILES string of the molecule is COc1cc(C=NO)cc(Cl)c1OCc1ccc(C)cc1. The van der Waals surface area contributed by atoms with Gasteiger partial charge in [0.2, 0.25) is 0 Å². The van der Waals surface area contributed by atoms with Gasteiger partial charge in [0.1, 0.15) is 6.61 Å². The van der Waals surface area contributed by atoms with Crippen LogP contribution in [0.1, 0.15) is 16.7 Å². The van der Waals surface area contributed by atoms with Crippen LogP contribution in [-0.4, -0.2) is 18.5 Å². The van der Waals surface area contributed by atoms with Crippen molar-refractivity contribution in [3.05, 3.63) is 58.1 Å². The first-order valence-corrected chi connectivity index (χ1v) is 6.75. The molecular weight excluding hydrogens is 290 g/mol. The van der Waals surface area contributed by atoms with E-state index >= 15 is 0 Å². The van der Waals surface area contributed by atoms with E-state index in [0.717, 1.165) is 5.56 Å². The van der Waals surface area contributed by atoms with Crippen molar-refractivity contribution in [3.8, 4) is 11.5 Å². The summed E-state index contributed by atoms with van der Waals surface area (Å²) in [6, 6.07) is 11.4. The molecule has 0 amide bonds. The zero-order valence-electron chi connectivity index (χ0n) is 11.8. The van der Waals surface area contributed by atoms with Crippen LogP contribution in [-0.2, 0) is 6.61 Å². The van der Waals surface area contributed by atoms with Crippen LogP contribution >= 0.6 is 11.6 Å². The highest BCUT2D eigenvalue weighted by Crippen LogP contribution is 2.36. The van der Waals surface area contributed by atoms with E-state index in [9.17, 15) is 0 Å². The Labute approximate surface area is 128 Å². The Hall–Kier alpha value is -2.20. The van der Waals surface area contributed by atoms with Gasteiger partial charge in [-0.3, -0.25) is 0 Å². The minimum Gasteiger partial charge on any atom is -0.493 e. The summed E-state index contributed by atoms with van der Waals surface area (Å²) in [6.45, 7) is 2.43. The first-order valence-electron chi connectivity index (χ1n) is 6.37. The first kappa shape index (κ1) is 15.2. The second-order valence-corrected chi connectivity index (χ2v) is 4.96. The Morgan fingerprint density at radius 2 is 1.95 bits per heavy atom. The van der Waals surface area contributed by atoms with Gasteiger partial charge in [0.05, 0.1) is 18.3 Å². The predicted molar refractivity (Wildman–Crippen MR) is 82.9 cm³/mol. The number of ether oxygens (including phenoxy) is 2. The lowest BCUT2D eigenvalue weighted by Crippen LogP contribution is -1.99. The maximum absolute atomic E-state index is 8.57. The van der Waals surface area contributed by atoms with Crippen molar-refractivity contribution >= 4 is 17.8 Å². The van der Waals surface area contributed by atoms with Crippen LogP contribution in [0.5, 0.6) is 11.5 Å². The number of methoxy groups -OCH3 is 1. The molecule has 0 aliphatic carbocycles. The average molecular weight is 306 g/mol. The number of aryl methyl sites for hydroxylation is 1. The number of rotatable bonds is 5. The topological polar surface area (TPSA) is 51.0 Å². The van der Waals surface area contributed by atoms with Crippen molar-refractivity contribution in [3.63, 3.8) is 0 Å². The summed E-state index contributed by atoms with van der Waals surface area (Å²) in [5.74, 6) is 0.958. The number of nitrogens with zero attached hydrogens (tertiary/aromatic N) is 1. The number of oxime groups is 1. The van der Waals surface area contributed by atoms with Gasteiger partial charge in [0, 0.05) is 5.56 Å². The fourth-order valence-corrected chi connectivity index (χ4v) is 2.13. The zero-order valence-corrected chi connectivity index (χ0v) is 12.6. The fourth-order valence-electron chi connectivity index (χ4n) is 1.86. The molecular formula is C16H16ClNO3. The van der Waals surface area contributed by atoms with Gasteiger partial charge in [0.15, 0.2) is 11.5 Å². The maximum Gasteiger partial charge on any atom is 0.180 e. The van der Waals surface area contributed by atoms with Crippen LogP contribution in [0.4, 0.5) is 0 Å². The molecule has 2 aromatic carbocycles. The molecule has 0 radical (unpaired) electrons. The summed E-state index contributed by atoms with van der Waals surface area (Å²) in [7, 11) is 1.53. The Bertz CT molecular complexity index is 639. The van der Waals surface area contributed by atoms with Crippen LogP contribution in [0.15, 0.2) is 41.6 Å². The van der Waals surface area contributed by atoms with Gasteiger partial charge >= 0.3 is 0 Å². The molecule has 1 N–H and O–H groups in total. The van der Waals surface area contributed by atoms with Crippen molar-refractivity contribution in [1.29, 1.82) is 0 Å². The lowest BCUT2D eigenvalue weighted by molar-refractivity contribution is 0.284. The van der Waals surface area contributed by atoms with Crippen LogP contribution < -0.4 is 9.47 Å². The monoisotopic (exact) mass is 305 g/mol. The van der Waals surface area contributed by atoms with E-state index in [1.807, 2.05) is 31.2 Å². The fraction of sp³-hybridized carbons (Fsp3) is 0.188. The van der Waals surface area contributed by atoms with Crippen LogP contribution in [0, 0.1) is 6.92 Å². The Morgan fingerprint density at radius 1 is 1.24 bits per heavy atom. The van der Waals surface area contributed by atoms with E-state index in [1.165, 1.54) is 18.9 Å². The molecule has 4 nitrogen and oxygen atoms in total. The third-order valence-electron chi connectivity index (χ3n) is 2.96. The van der Waals surface area contributed by atoms with Gasteiger partial charge < -0.3 is 14.7 Å². The minimum atomic E-state index is 0.393. The molecule has 0 heterocycles. The molecule has 0 unspecified atom stereocenters. The normalized spacial score (nSPS) is 10.8. The quantitative estimate of drug-likeness (QED) is 0.515. The summed E-state index contributed by atoms with van der Waals surface area (Å²) in [5, 5.41) is 11.9. The lowest BCUT2D eigenvalue weighted by atomic mass is 10.1. The molecule has 0 saturated heterocycles. The largest absolute Gasteiger partial charge is 0.493 e. The second kappa shape index (κ2) is 6.99. The van der Waals surface area contributed by atoms with Crippen molar-refractivity contribution in [2.45, 2.75) is 13.5 Å². The number of hydrogen-bond donors (Lipinski definition) is 1. The van der Waals surface area contributed by atoms with Gasteiger partial charge in [0.25, 0.3) is 0 Å². The molecule has 0 aliphatic heterocycles. The van der Waals surface area contributed by atoms with Crippen molar-refractivity contribution in [2.75, 3.05) is 7.11 Å². The summed E-state index contributed by atoms with van der Waals surface area (Å²) in [4.78, 5) is 0. The summed E-state index contributed by atoms with van der Waals surface area (Å²) >= 11 is 6.19. The zero-order chi connectivity index (χ0) is 15.2. The van der Waals surface area contributed by atoms with Gasteiger partial charge in [-0.15, -0.1) is 0 Å². The Balaban J connectivity index is 2.20. The van der Waals surface area contributed by atoms with Gasteiger partial charge in [-0.25, -0.2) is 0 Å². The first-order chi connectivity index (χ1) is 10.1. The van der Waals surface area contributed by atoms with Crippen molar-refractivity contribution in [1.82, 2.24) is 0 Å². The number of hydrogen-bond acceptors (Lipinski definition) is 4. The molecule has 0 atom stereocenters. The van der Waals surface area contributed by atoms with E-state index in [2.05, 4.69) is 5.16 Å². The Morgan fingerprint density at radius 3 is 2.57 bits per heavy atom. The number of benzene rings is 2. The second-order valence-electron chi connectivity index (χ2n) is 4.55. The third kappa shape index (κ3) is 3.89. The molecule has 0 aromatic heterocycles. The predicted octanol–water partition coefficient (Wildman–Crippen LogP) is 4.04. The van der Waals surface area contributed by atoms with E-state index < -0.39 is 0 Å². The molecule has 2 aromatic rings. The molecule has 2 rings (SSSR count). The molecule has 5 heteroatoms. The van der Waals surface area contributed by atoms with Crippen LogP contribution in [0.25, 0.3) is 0 Å². The van der Waals surface area contributed by atoms with Crippen molar-refractivity contribution < 1.29 is 14.7 Å². The molecule has 0 aliphatic rings. The standard InChI is InChI=1S/C16H16ClNO3/c1-11-3-5-12(6-4-11)10-21-16-14(17)7-13(9-18-19)8-15(16)20-2/h3-9,19H,10H2,1-2H3. The number of halogens is 1. The minimum absolute atomic E-state index is 0.393. The summed E-state index contributed by atoms with van der Waals surface area (Å²) in [6.07, 6.45) is 1.28. The smallest absolute Gasteiger partial charge is 0.180 e. The van der Waals surface area contributed by atoms with E-state index in [0.29, 0.717) is 28.7 Å². The molecule has 0 fully saturated rings. The summed E-state index contributed by atoms with van der Waals surface area (Å²) < 4.78 is 11.0. The lowest BCUT2D eigenvalue weighted by Gasteiger charge is -2.13. The van der Waals surface area contributed by atoms with E-state index in [4.69, 9.17) is 26.3 Å². The van der Waals surface area contributed by atoms with Crippen molar-refractivity contribution in [2.24, 2.45) is 5.16 Å². The van der Waals surface area contributed by atoms with Gasteiger partial charge in [-0.05, 0) is 24.6 Å². The van der Waals surface area contributed by atoms with Gasteiger partial charge in [-0.2, -0.15) is 0 Å². The van der Waals surface area contributed by atoms with Crippen LogP contribution in [0.2, 0.25) is 5.02 Å². The van der Waals surface area contributed by atoms with Gasteiger partial charge in [-0.1, -0.05) is 46.6 Å². The van der Waals surface area contributed by atoms with E-state index in [-0.39, 0.29) is 0 Å². The highest BCUT2D eigenvalue weighted by molar-refractivity contribution is 6.32. The third-order valence-corrected chi connectivity index (χ3v) is 3.24. The molecule has 0 spiro atoms. The molecule has 21 heavy (non-hydrogen) atoms. The highest BCUT2D eigenvalue weighted by atomic mass is 35.5. The summed E-state index contributed by atoms with van der Waals surface area (Å²) in [5.41, 5.74) is 2.86.